The monoisotopic (exact) mass is 495 g/mol. The van der Waals surface area contributed by atoms with Crippen molar-refractivity contribution in [3.63, 3.8) is 0 Å². The summed E-state index contributed by atoms with van der Waals surface area (Å²) < 4.78 is 41.3. The largest absolute Gasteiger partial charge is 0.350 e. The van der Waals surface area contributed by atoms with Gasteiger partial charge in [-0.1, -0.05) is 11.6 Å². The highest BCUT2D eigenvalue weighted by atomic mass is 35.5. The summed E-state index contributed by atoms with van der Waals surface area (Å²) in [6, 6.07) is 4.25. The number of hydrogen-bond donors (Lipinski definition) is 1. The molecule has 1 saturated heterocycles. The molecule has 1 N–H and O–H groups in total. The third kappa shape index (κ3) is 5.69. The van der Waals surface area contributed by atoms with Gasteiger partial charge in [-0.25, -0.2) is 28.1 Å². The number of aryl methyl sites for hydroxylation is 1. The van der Waals surface area contributed by atoms with E-state index in [2.05, 4.69) is 20.3 Å². The van der Waals surface area contributed by atoms with Gasteiger partial charge in [0.2, 0.25) is 0 Å². The van der Waals surface area contributed by atoms with Crippen molar-refractivity contribution in [3.05, 3.63) is 63.1 Å². The number of carbonyl (C=O) groups excluding carboxylic acids is 1. The molecule has 1 aliphatic heterocycles. The number of hydrogen-bond acceptors (Lipinski definition) is 6. The minimum absolute atomic E-state index is 0.115. The lowest BCUT2D eigenvalue weighted by atomic mass is 10.0. The first kappa shape index (κ1) is 23.6. The standard InChI is InChI=1S/C22H21ClF3N5OS/c1-13-27-11-19(33-13)18(31-6-2-5-22(25,26)12-31)10-30-21(32)16-7-14(3-4-17(16)23)20-28-8-15(24)9-29-20/h3-4,7-9,11,18H,2,5-6,10,12H2,1H3,(H,30,32). The summed E-state index contributed by atoms with van der Waals surface area (Å²) in [5.74, 6) is -3.56. The Hall–Kier alpha value is -2.56. The van der Waals surface area contributed by atoms with Crippen LogP contribution in [0.15, 0.2) is 36.8 Å². The summed E-state index contributed by atoms with van der Waals surface area (Å²) >= 11 is 7.67. The Morgan fingerprint density at radius 2 is 2.03 bits per heavy atom. The van der Waals surface area contributed by atoms with Gasteiger partial charge in [0.05, 0.1) is 40.6 Å². The van der Waals surface area contributed by atoms with Crippen LogP contribution in [-0.2, 0) is 0 Å². The molecule has 1 fully saturated rings. The molecule has 4 rings (SSSR count). The van der Waals surface area contributed by atoms with Crippen LogP contribution in [-0.4, -0.2) is 51.3 Å². The Labute approximate surface area is 197 Å². The van der Waals surface area contributed by atoms with E-state index < -0.39 is 23.7 Å². The maximum atomic E-state index is 14.1. The van der Waals surface area contributed by atoms with E-state index in [0.29, 0.717) is 18.5 Å². The molecule has 0 bridgehead atoms. The van der Waals surface area contributed by atoms with Gasteiger partial charge in [-0.15, -0.1) is 11.3 Å². The second-order valence-corrected chi connectivity index (χ2v) is 9.53. The van der Waals surface area contributed by atoms with Crippen LogP contribution in [0.5, 0.6) is 0 Å². The number of carbonyl (C=O) groups is 1. The van der Waals surface area contributed by atoms with Gasteiger partial charge >= 0.3 is 0 Å². The molecule has 2 aromatic heterocycles. The summed E-state index contributed by atoms with van der Waals surface area (Å²) in [7, 11) is 0. The number of amides is 1. The quantitative estimate of drug-likeness (QED) is 0.526. The molecule has 3 heterocycles. The number of alkyl halides is 2. The molecule has 1 atom stereocenters. The molecule has 174 valence electrons. The van der Waals surface area contributed by atoms with Crippen LogP contribution in [0.2, 0.25) is 5.02 Å². The number of benzene rings is 1. The minimum atomic E-state index is -2.77. The summed E-state index contributed by atoms with van der Waals surface area (Å²) in [5, 5.41) is 3.86. The number of thiazole rings is 1. The summed E-state index contributed by atoms with van der Waals surface area (Å²) in [6.45, 7) is 2.09. The zero-order valence-corrected chi connectivity index (χ0v) is 19.3. The lowest BCUT2D eigenvalue weighted by molar-refractivity contribution is -0.0747. The molecule has 1 aliphatic rings. The predicted molar refractivity (Wildman–Crippen MR) is 120 cm³/mol. The third-order valence-electron chi connectivity index (χ3n) is 5.38. The van der Waals surface area contributed by atoms with Gasteiger partial charge in [-0.2, -0.15) is 0 Å². The van der Waals surface area contributed by atoms with Crippen LogP contribution in [0.1, 0.15) is 39.1 Å². The van der Waals surface area contributed by atoms with E-state index >= 15 is 0 Å². The molecular formula is C22H21ClF3N5OS. The first-order valence-corrected chi connectivity index (χ1v) is 11.5. The molecule has 0 spiro atoms. The van der Waals surface area contributed by atoms with Crippen molar-refractivity contribution >= 4 is 28.8 Å². The molecule has 0 aliphatic carbocycles. The van der Waals surface area contributed by atoms with Gasteiger partial charge in [0.25, 0.3) is 11.8 Å². The molecular weight excluding hydrogens is 475 g/mol. The van der Waals surface area contributed by atoms with Crippen LogP contribution in [0.3, 0.4) is 0 Å². The van der Waals surface area contributed by atoms with Crippen LogP contribution in [0.25, 0.3) is 11.4 Å². The van der Waals surface area contributed by atoms with E-state index in [1.807, 2.05) is 6.92 Å². The maximum Gasteiger partial charge on any atom is 0.260 e. The van der Waals surface area contributed by atoms with Gasteiger partial charge < -0.3 is 5.32 Å². The van der Waals surface area contributed by atoms with E-state index in [4.69, 9.17) is 11.6 Å². The first-order chi connectivity index (χ1) is 15.7. The van der Waals surface area contributed by atoms with Crippen LogP contribution in [0, 0.1) is 12.7 Å². The molecule has 3 aromatic rings. The van der Waals surface area contributed by atoms with Crippen molar-refractivity contribution in [2.75, 3.05) is 19.6 Å². The highest BCUT2D eigenvalue weighted by Gasteiger charge is 2.38. The van der Waals surface area contributed by atoms with E-state index in [1.54, 1.807) is 17.2 Å². The number of nitrogens with zero attached hydrogens (tertiary/aromatic N) is 4. The smallest absolute Gasteiger partial charge is 0.260 e. The number of nitrogens with one attached hydrogen (secondary N) is 1. The zero-order valence-electron chi connectivity index (χ0n) is 17.7. The lowest BCUT2D eigenvalue weighted by Crippen LogP contribution is -2.47. The van der Waals surface area contributed by atoms with Gasteiger partial charge in [-0.3, -0.25) is 9.69 Å². The maximum absolute atomic E-state index is 14.1. The molecule has 6 nitrogen and oxygen atoms in total. The summed E-state index contributed by atoms with van der Waals surface area (Å²) in [4.78, 5) is 27.6. The molecule has 1 amide bonds. The van der Waals surface area contributed by atoms with Gasteiger partial charge in [0, 0.05) is 29.6 Å². The fourth-order valence-electron chi connectivity index (χ4n) is 3.79. The second kappa shape index (κ2) is 9.74. The highest BCUT2D eigenvalue weighted by Crippen LogP contribution is 2.34. The van der Waals surface area contributed by atoms with Crippen molar-refractivity contribution in [1.82, 2.24) is 25.2 Å². The van der Waals surface area contributed by atoms with Crippen molar-refractivity contribution in [1.29, 1.82) is 0 Å². The Morgan fingerprint density at radius 3 is 2.70 bits per heavy atom. The van der Waals surface area contributed by atoms with Crippen molar-refractivity contribution in [2.45, 2.75) is 31.7 Å². The molecule has 1 aromatic carbocycles. The van der Waals surface area contributed by atoms with Crippen molar-refractivity contribution < 1.29 is 18.0 Å². The SMILES string of the molecule is Cc1ncc(C(CNC(=O)c2cc(-c3ncc(F)cn3)ccc2Cl)N2CCCC(F)(F)C2)s1. The Kier molecular flexibility index (Phi) is 6.96. The van der Waals surface area contributed by atoms with E-state index in [-0.39, 0.29) is 35.9 Å². The Bertz CT molecular complexity index is 1140. The van der Waals surface area contributed by atoms with Crippen LogP contribution < -0.4 is 5.32 Å². The van der Waals surface area contributed by atoms with Crippen LogP contribution in [0.4, 0.5) is 13.2 Å². The third-order valence-corrected chi connectivity index (χ3v) is 6.72. The van der Waals surface area contributed by atoms with E-state index in [1.165, 1.54) is 23.5 Å². The van der Waals surface area contributed by atoms with Gasteiger partial charge in [0.1, 0.15) is 0 Å². The molecule has 33 heavy (non-hydrogen) atoms. The predicted octanol–water partition coefficient (Wildman–Crippen LogP) is 4.90. The van der Waals surface area contributed by atoms with Crippen molar-refractivity contribution in [2.24, 2.45) is 0 Å². The summed E-state index contributed by atoms with van der Waals surface area (Å²) in [6.07, 6.45) is 3.97. The van der Waals surface area contributed by atoms with Crippen molar-refractivity contribution in [3.8, 4) is 11.4 Å². The minimum Gasteiger partial charge on any atom is -0.350 e. The number of likely N-dealkylation sites (tertiary alicyclic amines) is 1. The summed E-state index contributed by atoms with van der Waals surface area (Å²) in [5.41, 5.74) is 0.681. The zero-order chi connectivity index (χ0) is 23.6. The van der Waals surface area contributed by atoms with Crippen LogP contribution >= 0.6 is 22.9 Å². The van der Waals surface area contributed by atoms with Gasteiger partial charge in [-0.05, 0) is 38.1 Å². The fourth-order valence-corrected chi connectivity index (χ4v) is 4.91. The number of piperidine rings is 1. The molecule has 1 unspecified atom stereocenters. The fraction of sp³-hybridized carbons (Fsp3) is 0.364. The van der Waals surface area contributed by atoms with Gasteiger partial charge in [0.15, 0.2) is 11.6 Å². The lowest BCUT2D eigenvalue weighted by Gasteiger charge is -2.37. The average molecular weight is 496 g/mol. The highest BCUT2D eigenvalue weighted by molar-refractivity contribution is 7.11. The molecule has 11 heteroatoms. The normalized spacial score (nSPS) is 17.0. The van der Waals surface area contributed by atoms with E-state index in [0.717, 1.165) is 22.3 Å². The molecule has 0 radical (unpaired) electrons. The first-order valence-electron chi connectivity index (χ1n) is 10.3. The topological polar surface area (TPSA) is 71.0 Å². The van der Waals surface area contributed by atoms with E-state index in [9.17, 15) is 18.0 Å². The number of rotatable bonds is 6. The second-order valence-electron chi connectivity index (χ2n) is 7.86. The Morgan fingerprint density at radius 1 is 1.27 bits per heavy atom. The number of aromatic nitrogens is 3. The average Bonchev–Trinajstić information content (AvgIpc) is 3.20. The number of halogens is 4. The molecule has 0 saturated carbocycles. The Balaban J connectivity index is 1.54.